The van der Waals surface area contributed by atoms with Crippen molar-refractivity contribution in [3.05, 3.63) is 28.8 Å². The van der Waals surface area contributed by atoms with Crippen molar-refractivity contribution in [3.8, 4) is 5.75 Å². The summed E-state index contributed by atoms with van der Waals surface area (Å²) in [6, 6.07) is 5.15. The van der Waals surface area contributed by atoms with E-state index in [0.717, 1.165) is 37.9 Å². The molecule has 3 rings (SSSR count). The highest BCUT2D eigenvalue weighted by Gasteiger charge is 2.41. The molecule has 0 N–H and O–H groups in total. The second-order valence-electron chi connectivity index (χ2n) is 5.37. The molecule has 0 amide bonds. The normalized spacial score (nSPS) is 29.6. The van der Waals surface area contributed by atoms with E-state index in [2.05, 4.69) is 0 Å². The molecule has 2 aliphatic rings. The monoisotopic (exact) mass is 312 g/mol. The topological polar surface area (TPSA) is 35.5 Å². The Morgan fingerprint density at radius 3 is 3.10 bits per heavy atom. The van der Waals surface area contributed by atoms with Gasteiger partial charge in [0, 0.05) is 24.2 Å². The summed E-state index contributed by atoms with van der Waals surface area (Å²) in [6.45, 7) is 0.745. The Kier molecular flexibility index (Phi) is 4.24. The van der Waals surface area contributed by atoms with Gasteiger partial charge in [0.2, 0.25) is 0 Å². The zero-order chi connectivity index (χ0) is 14.0. The number of thioether (sulfide) groups is 1. The highest BCUT2D eigenvalue weighted by atomic mass is 35.5. The van der Waals surface area contributed by atoms with E-state index in [1.165, 1.54) is 5.75 Å². The van der Waals surface area contributed by atoms with Gasteiger partial charge in [-0.05, 0) is 30.4 Å². The Balaban J connectivity index is 1.69. The first-order chi connectivity index (χ1) is 9.71. The Labute approximate surface area is 128 Å². The van der Waals surface area contributed by atoms with Crippen molar-refractivity contribution >= 4 is 29.6 Å². The zero-order valence-electron chi connectivity index (χ0n) is 11.1. The van der Waals surface area contributed by atoms with Crippen molar-refractivity contribution < 1.29 is 14.3 Å². The lowest BCUT2D eigenvalue weighted by Crippen LogP contribution is -2.43. The second kappa shape index (κ2) is 5.96. The summed E-state index contributed by atoms with van der Waals surface area (Å²) in [5.74, 6) is 2.89. The van der Waals surface area contributed by atoms with Crippen molar-refractivity contribution in [2.24, 2.45) is 0 Å². The van der Waals surface area contributed by atoms with Gasteiger partial charge in [-0.25, -0.2) is 0 Å². The van der Waals surface area contributed by atoms with Gasteiger partial charge >= 0.3 is 0 Å². The van der Waals surface area contributed by atoms with E-state index in [1.807, 2.05) is 11.8 Å². The molecule has 1 aromatic rings. The molecule has 0 bridgehead atoms. The number of hydrogen-bond acceptors (Lipinski definition) is 4. The highest BCUT2D eigenvalue weighted by molar-refractivity contribution is 7.99. The summed E-state index contributed by atoms with van der Waals surface area (Å²) < 4.78 is 12.0. The van der Waals surface area contributed by atoms with Crippen LogP contribution in [0.4, 0.5) is 0 Å². The van der Waals surface area contributed by atoms with Gasteiger partial charge in [0.25, 0.3) is 0 Å². The van der Waals surface area contributed by atoms with Crippen LogP contribution in [-0.2, 0) is 4.74 Å². The molecule has 5 heteroatoms. The molecular weight excluding hydrogens is 296 g/mol. The molecule has 0 aliphatic carbocycles. The summed E-state index contributed by atoms with van der Waals surface area (Å²) in [6.07, 6.45) is 3.84. The molecule has 3 nitrogen and oxygen atoms in total. The molecule has 2 aliphatic heterocycles. The van der Waals surface area contributed by atoms with E-state index in [-0.39, 0.29) is 11.7 Å². The minimum absolute atomic E-state index is 0.00277. The van der Waals surface area contributed by atoms with E-state index >= 15 is 0 Å². The first-order valence-electron chi connectivity index (χ1n) is 6.84. The average molecular weight is 313 g/mol. The van der Waals surface area contributed by atoms with Gasteiger partial charge in [-0.15, -0.1) is 0 Å². The van der Waals surface area contributed by atoms with Gasteiger partial charge in [-0.3, -0.25) is 4.79 Å². The molecule has 1 spiro atoms. The van der Waals surface area contributed by atoms with Crippen LogP contribution in [0.2, 0.25) is 5.02 Å². The molecule has 2 saturated heterocycles. The minimum Gasteiger partial charge on any atom is -0.489 e. The predicted molar refractivity (Wildman–Crippen MR) is 81.1 cm³/mol. The molecule has 108 valence electrons. The summed E-state index contributed by atoms with van der Waals surface area (Å²) in [5, 5.41) is 0.496. The van der Waals surface area contributed by atoms with Crippen LogP contribution in [-0.4, -0.2) is 36.1 Å². The standard InChI is InChI=1S/C15H17ClO3S/c16-13-7-11(9-17)1-2-14(13)19-12-3-5-18-15(8-12)4-6-20-10-15/h1-2,7,9,12H,3-6,8,10H2. The molecule has 1 aromatic carbocycles. The first-order valence-corrected chi connectivity index (χ1v) is 8.37. The summed E-state index contributed by atoms with van der Waals surface area (Å²) >= 11 is 8.11. The maximum atomic E-state index is 10.7. The maximum absolute atomic E-state index is 10.7. The smallest absolute Gasteiger partial charge is 0.150 e. The van der Waals surface area contributed by atoms with Crippen LogP contribution in [0.1, 0.15) is 29.6 Å². The predicted octanol–water partition coefficient (Wildman–Crippen LogP) is 3.59. The van der Waals surface area contributed by atoms with Crippen molar-refractivity contribution in [2.45, 2.75) is 31.0 Å². The first kappa shape index (κ1) is 14.2. The number of hydrogen-bond donors (Lipinski definition) is 0. The number of aldehydes is 1. The van der Waals surface area contributed by atoms with Crippen LogP contribution in [0.5, 0.6) is 5.75 Å². The van der Waals surface area contributed by atoms with Gasteiger partial charge in [-0.2, -0.15) is 11.8 Å². The molecule has 2 unspecified atom stereocenters. The van der Waals surface area contributed by atoms with Crippen LogP contribution in [0.25, 0.3) is 0 Å². The Hall–Kier alpha value is -0.710. The number of halogens is 1. The lowest BCUT2D eigenvalue weighted by Gasteiger charge is -2.37. The Bertz CT molecular complexity index is 500. The van der Waals surface area contributed by atoms with Gasteiger partial charge in [0.1, 0.15) is 18.1 Å². The summed E-state index contributed by atoms with van der Waals surface area (Å²) in [7, 11) is 0. The molecule has 0 saturated carbocycles. The molecule has 0 aromatic heterocycles. The third kappa shape index (κ3) is 2.97. The van der Waals surface area contributed by atoms with Crippen molar-refractivity contribution in [2.75, 3.05) is 18.1 Å². The van der Waals surface area contributed by atoms with Crippen LogP contribution in [0, 0.1) is 0 Å². The fourth-order valence-electron chi connectivity index (χ4n) is 2.81. The number of carbonyl (C=O) groups excluding carboxylic acids is 1. The van der Waals surface area contributed by atoms with Gasteiger partial charge in [0.05, 0.1) is 17.2 Å². The Morgan fingerprint density at radius 1 is 1.50 bits per heavy atom. The average Bonchev–Trinajstić information content (AvgIpc) is 2.89. The highest BCUT2D eigenvalue weighted by Crippen LogP contribution is 2.39. The van der Waals surface area contributed by atoms with Crippen molar-refractivity contribution in [1.82, 2.24) is 0 Å². The van der Waals surface area contributed by atoms with Crippen LogP contribution in [0.15, 0.2) is 18.2 Å². The number of ether oxygens (including phenoxy) is 2. The van der Waals surface area contributed by atoms with Gasteiger partial charge in [0.15, 0.2) is 0 Å². The fraction of sp³-hybridized carbons (Fsp3) is 0.533. The molecule has 20 heavy (non-hydrogen) atoms. The van der Waals surface area contributed by atoms with E-state index in [9.17, 15) is 4.79 Å². The third-order valence-corrected chi connectivity index (χ3v) is 5.42. The van der Waals surface area contributed by atoms with Crippen molar-refractivity contribution in [3.63, 3.8) is 0 Å². The minimum atomic E-state index is 0.00277. The lowest BCUT2D eigenvalue weighted by atomic mass is 9.91. The van der Waals surface area contributed by atoms with E-state index < -0.39 is 0 Å². The fourth-order valence-corrected chi connectivity index (χ4v) is 4.42. The zero-order valence-corrected chi connectivity index (χ0v) is 12.7. The van der Waals surface area contributed by atoms with Gasteiger partial charge in [-0.1, -0.05) is 11.6 Å². The largest absolute Gasteiger partial charge is 0.489 e. The molecule has 0 radical (unpaired) electrons. The third-order valence-electron chi connectivity index (χ3n) is 3.90. The van der Waals surface area contributed by atoms with Gasteiger partial charge < -0.3 is 9.47 Å². The Morgan fingerprint density at radius 2 is 2.40 bits per heavy atom. The number of benzene rings is 1. The number of carbonyl (C=O) groups is 1. The molecule has 2 heterocycles. The summed E-state index contributed by atoms with van der Waals surface area (Å²) in [5.41, 5.74) is 0.570. The molecule has 2 atom stereocenters. The van der Waals surface area contributed by atoms with Crippen LogP contribution < -0.4 is 4.74 Å². The molecular formula is C15H17ClO3S. The quantitative estimate of drug-likeness (QED) is 0.799. The van der Waals surface area contributed by atoms with Crippen molar-refractivity contribution in [1.29, 1.82) is 0 Å². The van der Waals surface area contributed by atoms with E-state index in [0.29, 0.717) is 16.3 Å². The molecule has 2 fully saturated rings. The summed E-state index contributed by atoms with van der Waals surface area (Å²) in [4.78, 5) is 10.7. The van der Waals surface area contributed by atoms with Crippen LogP contribution in [0.3, 0.4) is 0 Å². The maximum Gasteiger partial charge on any atom is 0.150 e. The van der Waals surface area contributed by atoms with E-state index in [1.54, 1.807) is 18.2 Å². The van der Waals surface area contributed by atoms with Crippen LogP contribution >= 0.6 is 23.4 Å². The lowest BCUT2D eigenvalue weighted by molar-refractivity contribution is -0.0958. The van der Waals surface area contributed by atoms with E-state index in [4.69, 9.17) is 21.1 Å². The number of rotatable bonds is 3. The SMILES string of the molecule is O=Cc1ccc(OC2CCOC3(CCSC3)C2)c(Cl)c1. The second-order valence-corrected chi connectivity index (χ2v) is 6.89.